The minimum absolute atomic E-state index is 0.286. The van der Waals surface area contributed by atoms with Crippen LogP contribution in [0.25, 0.3) is 0 Å². The van der Waals surface area contributed by atoms with Gasteiger partial charge in [0.1, 0.15) is 0 Å². The molecule has 30 heavy (non-hydrogen) atoms. The molecule has 1 rings (SSSR count). The van der Waals surface area contributed by atoms with Crippen molar-refractivity contribution in [1.82, 2.24) is 0 Å². The lowest BCUT2D eigenvalue weighted by Crippen LogP contribution is -2.81. The van der Waals surface area contributed by atoms with E-state index in [1.807, 2.05) is 0 Å². The summed E-state index contributed by atoms with van der Waals surface area (Å²) in [6.45, 7) is 47.9. The van der Waals surface area contributed by atoms with Crippen LogP contribution in [-0.4, -0.2) is 45.7 Å². The monoisotopic (exact) mass is 476 g/mol. The summed E-state index contributed by atoms with van der Waals surface area (Å²) >= 11 is 0. The van der Waals surface area contributed by atoms with E-state index in [1.165, 1.54) is 0 Å². The fraction of sp³-hybridized carbons (Fsp3) is 0.875. The first-order valence-electron chi connectivity index (χ1n) is 12.2. The van der Waals surface area contributed by atoms with Crippen LogP contribution in [0, 0.1) is 0 Å². The molecule has 0 unspecified atom stereocenters. The largest absolute Gasteiger partial charge is 0.169 e. The Bertz CT molecular complexity index is 664. The van der Waals surface area contributed by atoms with Crippen molar-refractivity contribution in [3.63, 3.8) is 0 Å². The van der Waals surface area contributed by atoms with E-state index >= 15 is 0 Å². The van der Waals surface area contributed by atoms with Crippen LogP contribution in [0.3, 0.4) is 0 Å². The molecule has 0 bridgehead atoms. The predicted octanol–water partition coefficient (Wildman–Crippen LogP) is 8.91. The fourth-order valence-corrected chi connectivity index (χ4v) is 32.5. The highest BCUT2D eigenvalue weighted by Crippen LogP contribution is 2.70. The first-order chi connectivity index (χ1) is 12.7. The third-order valence-electron chi connectivity index (χ3n) is 7.52. The average molecular weight is 477 g/mol. The van der Waals surface area contributed by atoms with Crippen molar-refractivity contribution in [2.75, 3.05) is 0 Å². The van der Waals surface area contributed by atoms with Gasteiger partial charge in [-0.2, -0.15) is 5.73 Å². The molecule has 0 N–H and O–H groups in total. The van der Waals surface area contributed by atoms with Crippen LogP contribution < -0.4 is 0 Å². The van der Waals surface area contributed by atoms with Crippen molar-refractivity contribution >= 4 is 45.7 Å². The molecule has 1 aliphatic heterocycles. The van der Waals surface area contributed by atoms with E-state index in [2.05, 4.69) is 126 Å². The molecule has 0 spiro atoms. The summed E-state index contributed by atoms with van der Waals surface area (Å²) in [5.74, 6) is 0. The Morgan fingerprint density at radius 1 is 0.600 bits per heavy atom. The summed E-state index contributed by atoms with van der Waals surface area (Å²) in [7, 11) is -5.78. The molecule has 0 aromatic heterocycles. The van der Waals surface area contributed by atoms with E-state index in [0.29, 0.717) is 17.9 Å². The van der Waals surface area contributed by atoms with Gasteiger partial charge in [-0.3, -0.25) is 0 Å². The molecule has 0 radical (unpaired) electrons. The summed E-state index contributed by atoms with van der Waals surface area (Å²) in [6, 6.07) is 0. The Morgan fingerprint density at radius 2 is 0.867 bits per heavy atom. The van der Waals surface area contributed by atoms with Crippen molar-refractivity contribution in [2.45, 2.75) is 135 Å². The van der Waals surface area contributed by atoms with Crippen LogP contribution >= 0.6 is 0 Å². The predicted molar refractivity (Wildman–Crippen MR) is 158 cm³/mol. The summed E-state index contributed by atoms with van der Waals surface area (Å²) in [5, 5.41) is 2.29. The highest BCUT2D eigenvalue weighted by Gasteiger charge is 2.76. The van der Waals surface area contributed by atoms with Gasteiger partial charge in [0.05, 0.1) is 16.1 Å². The van der Waals surface area contributed by atoms with Crippen LogP contribution in [0.1, 0.15) is 41.5 Å². The van der Waals surface area contributed by atoms with Crippen molar-refractivity contribution in [3.8, 4) is 0 Å². The zero-order valence-electron chi connectivity index (χ0n) is 24.2. The van der Waals surface area contributed by atoms with Crippen molar-refractivity contribution < 1.29 is 0 Å². The van der Waals surface area contributed by atoms with E-state index in [9.17, 15) is 0 Å². The summed E-state index contributed by atoms with van der Waals surface area (Å²) < 4.78 is 0.503. The number of hydrogen-bond acceptors (Lipinski definition) is 0. The first kappa shape index (κ1) is 28.6. The molecule has 1 saturated heterocycles. The third-order valence-corrected chi connectivity index (χ3v) is 25.9. The van der Waals surface area contributed by atoms with Crippen LogP contribution in [0.5, 0.6) is 0 Å². The summed E-state index contributed by atoms with van der Waals surface area (Å²) in [4.78, 5) is 1.77. The lowest BCUT2D eigenvalue weighted by molar-refractivity contribution is 0.694. The molecule has 0 atom stereocenters. The molecule has 0 nitrogen and oxygen atoms in total. The van der Waals surface area contributed by atoms with Crippen molar-refractivity contribution in [2.24, 2.45) is 0 Å². The smallest absolute Gasteiger partial charge is 0.150 e. The molecule has 1 aliphatic rings. The van der Waals surface area contributed by atoms with Gasteiger partial charge in [0.15, 0.2) is 13.4 Å². The average Bonchev–Trinajstić information content (AvgIpc) is 2.25. The second-order valence-corrected chi connectivity index (χ2v) is 38.1. The van der Waals surface area contributed by atoms with Gasteiger partial charge in [-0.25, -0.2) is 0 Å². The second-order valence-electron chi connectivity index (χ2n) is 16.4. The summed E-state index contributed by atoms with van der Waals surface area (Å²) in [5.41, 5.74) is 4.35. The lowest BCUT2D eigenvalue weighted by atomic mass is 8.96. The second kappa shape index (κ2) is 7.79. The van der Waals surface area contributed by atoms with Gasteiger partial charge < -0.3 is 0 Å². The van der Waals surface area contributed by atoms with E-state index in [4.69, 9.17) is 0 Å². The molecular weight excluding hydrogens is 422 g/mol. The lowest BCUT2D eigenvalue weighted by Gasteiger charge is -2.72. The molecule has 0 aliphatic carbocycles. The van der Waals surface area contributed by atoms with Crippen LogP contribution in [-0.2, 0) is 0 Å². The maximum atomic E-state index is 4.35. The van der Waals surface area contributed by atoms with Crippen molar-refractivity contribution in [3.05, 3.63) is 15.9 Å². The van der Waals surface area contributed by atoms with E-state index in [-0.39, 0.29) is 10.6 Å². The minimum atomic E-state index is -1.48. The molecule has 1 heterocycles. The highest BCUT2D eigenvalue weighted by molar-refractivity contribution is 7.35. The van der Waals surface area contributed by atoms with Crippen molar-refractivity contribution in [1.29, 1.82) is 0 Å². The zero-order chi connectivity index (χ0) is 24.5. The van der Waals surface area contributed by atoms with Crippen LogP contribution in [0.15, 0.2) is 15.9 Å². The van der Waals surface area contributed by atoms with Gasteiger partial charge in [-0.1, -0.05) is 145 Å². The standard InChI is InChI=1S/C24H54B2Si4/c1-22(2,3)25-20(19-21(27(7,8)9)28(10,11)12)26(23(4,5)6)24(25,29(13,14)15)30(16,17)18/h1-18H3. The Hall–Kier alpha value is 0.517. The molecule has 1 fully saturated rings. The van der Waals surface area contributed by atoms with E-state index < -0.39 is 32.3 Å². The first-order valence-corrected chi connectivity index (χ1v) is 26.2. The zero-order valence-corrected chi connectivity index (χ0v) is 28.2. The Morgan fingerprint density at radius 3 is 1.03 bits per heavy atom. The van der Waals surface area contributed by atoms with Gasteiger partial charge in [0, 0.05) is 16.1 Å². The molecule has 172 valence electrons. The Kier molecular flexibility index (Phi) is 7.41. The normalized spacial score (nSPS) is 18.9. The quantitative estimate of drug-likeness (QED) is 0.281. The van der Waals surface area contributed by atoms with Gasteiger partial charge in [0.2, 0.25) is 0 Å². The third kappa shape index (κ3) is 4.88. The number of rotatable bonds is 4. The maximum Gasteiger partial charge on any atom is 0.169 e. The molecule has 0 aromatic rings. The Balaban J connectivity index is 4.28. The minimum Gasteiger partial charge on any atom is -0.150 e. The van der Waals surface area contributed by atoms with Crippen LogP contribution in [0.2, 0.25) is 93.7 Å². The van der Waals surface area contributed by atoms with Gasteiger partial charge in [-0.05, 0) is 0 Å². The summed E-state index contributed by atoms with van der Waals surface area (Å²) in [6.07, 6.45) is 0. The molecular formula is C24H54B2Si4. The fourth-order valence-electron chi connectivity index (χ4n) is 7.67. The Labute approximate surface area is 196 Å². The number of hydrogen-bond donors (Lipinski definition) is 0. The van der Waals surface area contributed by atoms with E-state index in [0.717, 1.165) is 0 Å². The molecule has 0 amide bonds. The molecule has 0 saturated carbocycles. The SMILES string of the molecule is CC(C)(C)B1C(=C=C([Si](C)(C)C)[Si](C)(C)C)B(C(C)(C)C)C1([Si](C)(C)C)[Si](C)(C)C. The van der Waals surface area contributed by atoms with Gasteiger partial charge in [-0.15, -0.1) is 0 Å². The molecule has 0 aromatic carbocycles. The highest BCUT2D eigenvalue weighted by atomic mass is 28.4. The topological polar surface area (TPSA) is 0 Å². The molecule has 6 heteroatoms. The van der Waals surface area contributed by atoms with Crippen LogP contribution in [0.4, 0.5) is 0 Å². The van der Waals surface area contributed by atoms with Gasteiger partial charge >= 0.3 is 0 Å². The van der Waals surface area contributed by atoms with Gasteiger partial charge in [0.25, 0.3) is 0 Å². The van der Waals surface area contributed by atoms with E-state index in [1.54, 1.807) is 10.2 Å². The maximum absolute atomic E-state index is 4.35.